The number of ether oxygens (including phenoxy) is 1. The Balaban J connectivity index is 1.69. The molecule has 0 aromatic heterocycles. The fourth-order valence-corrected chi connectivity index (χ4v) is 1.87. The average Bonchev–Trinajstić information content (AvgIpc) is 2.52. The quantitative estimate of drug-likeness (QED) is 0.716. The summed E-state index contributed by atoms with van der Waals surface area (Å²) in [6.07, 6.45) is 1.01. The number of hydrogen-bond donors (Lipinski definition) is 2. The Kier molecular flexibility index (Phi) is 5.88. The largest absolute Gasteiger partial charge is 0.494 e. The van der Waals surface area contributed by atoms with Crippen molar-refractivity contribution in [2.24, 2.45) is 0 Å². The van der Waals surface area contributed by atoms with E-state index in [0.717, 1.165) is 43.2 Å². The number of anilines is 2. The van der Waals surface area contributed by atoms with E-state index >= 15 is 0 Å². The Morgan fingerprint density at radius 3 is 1.90 bits per heavy atom. The van der Waals surface area contributed by atoms with Crippen molar-refractivity contribution in [1.82, 2.24) is 0 Å². The minimum atomic E-state index is -0.218. The van der Waals surface area contributed by atoms with Gasteiger partial charge in [-0.15, -0.1) is 0 Å². The van der Waals surface area contributed by atoms with Crippen molar-refractivity contribution in [2.45, 2.75) is 13.3 Å². The van der Waals surface area contributed by atoms with Gasteiger partial charge in [0.2, 0.25) is 0 Å². The SMILES string of the molecule is CCCOc1ccc(NCCNc2ccc(F)cc2)cc1. The third-order valence-electron chi connectivity index (χ3n) is 2.95. The summed E-state index contributed by atoms with van der Waals surface area (Å²) in [5, 5.41) is 6.54. The third-order valence-corrected chi connectivity index (χ3v) is 2.95. The number of benzene rings is 2. The zero-order chi connectivity index (χ0) is 14.9. The molecule has 0 saturated heterocycles. The number of nitrogens with one attached hydrogen (secondary N) is 2. The lowest BCUT2D eigenvalue weighted by atomic mass is 10.3. The lowest BCUT2D eigenvalue weighted by Gasteiger charge is -2.10. The molecule has 0 aliphatic rings. The molecule has 0 aliphatic carbocycles. The van der Waals surface area contributed by atoms with Crippen LogP contribution in [-0.2, 0) is 0 Å². The molecule has 112 valence electrons. The minimum Gasteiger partial charge on any atom is -0.494 e. The normalized spacial score (nSPS) is 10.2. The molecule has 0 bridgehead atoms. The summed E-state index contributed by atoms with van der Waals surface area (Å²) >= 11 is 0. The summed E-state index contributed by atoms with van der Waals surface area (Å²) in [7, 11) is 0. The van der Waals surface area contributed by atoms with E-state index < -0.39 is 0 Å². The molecule has 0 atom stereocenters. The molecule has 0 saturated carbocycles. The van der Waals surface area contributed by atoms with Crippen molar-refractivity contribution in [3.05, 3.63) is 54.3 Å². The van der Waals surface area contributed by atoms with Gasteiger partial charge in [0, 0.05) is 24.5 Å². The van der Waals surface area contributed by atoms with E-state index in [2.05, 4.69) is 17.6 Å². The van der Waals surface area contributed by atoms with Gasteiger partial charge >= 0.3 is 0 Å². The van der Waals surface area contributed by atoms with Crippen molar-refractivity contribution < 1.29 is 9.13 Å². The molecular formula is C17H21FN2O. The Morgan fingerprint density at radius 1 is 0.857 bits per heavy atom. The van der Waals surface area contributed by atoms with Crippen LogP contribution in [0.5, 0.6) is 5.75 Å². The molecule has 21 heavy (non-hydrogen) atoms. The van der Waals surface area contributed by atoms with Crippen LogP contribution < -0.4 is 15.4 Å². The lowest BCUT2D eigenvalue weighted by molar-refractivity contribution is 0.317. The van der Waals surface area contributed by atoms with Crippen LogP contribution in [0, 0.1) is 5.82 Å². The van der Waals surface area contributed by atoms with E-state index in [1.54, 1.807) is 12.1 Å². The summed E-state index contributed by atoms with van der Waals surface area (Å²) in [5.41, 5.74) is 1.97. The Hall–Kier alpha value is -2.23. The zero-order valence-corrected chi connectivity index (χ0v) is 12.2. The summed E-state index contributed by atoms with van der Waals surface area (Å²) in [5.74, 6) is 0.677. The molecule has 2 aromatic carbocycles. The molecule has 4 heteroatoms. The smallest absolute Gasteiger partial charge is 0.123 e. The van der Waals surface area contributed by atoms with E-state index in [1.165, 1.54) is 12.1 Å². The number of rotatable bonds is 8. The zero-order valence-electron chi connectivity index (χ0n) is 12.2. The lowest BCUT2D eigenvalue weighted by Crippen LogP contribution is -2.13. The predicted molar refractivity (Wildman–Crippen MR) is 85.6 cm³/mol. The second-order valence-corrected chi connectivity index (χ2v) is 4.73. The Labute approximate surface area is 125 Å². The Morgan fingerprint density at radius 2 is 1.38 bits per heavy atom. The fourth-order valence-electron chi connectivity index (χ4n) is 1.87. The minimum absolute atomic E-state index is 0.218. The molecule has 0 fully saturated rings. The van der Waals surface area contributed by atoms with E-state index in [-0.39, 0.29) is 5.82 Å². The summed E-state index contributed by atoms with van der Waals surface area (Å²) in [6, 6.07) is 14.3. The topological polar surface area (TPSA) is 33.3 Å². The first-order chi connectivity index (χ1) is 10.3. The van der Waals surface area contributed by atoms with Crippen LogP contribution in [0.4, 0.5) is 15.8 Å². The molecule has 3 nitrogen and oxygen atoms in total. The number of halogens is 1. The summed E-state index contributed by atoms with van der Waals surface area (Å²) in [6.45, 7) is 4.38. The predicted octanol–water partition coefficient (Wildman–Crippen LogP) is 4.14. The highest BCUT2D eigenvalue weighted by Crippen LogP contribution is 2.15. The van der Waals surface area contributed by atoms with Gasteiger partial charge in [0.25, 0.3) is 0 Å². The molecule has 0 heterocycles. The molecule has 0 radical (unpaired) electrons. The fraction of sp³-hybridized carbons (Fsp3) is 0.294. The van der Waals surface area contributed by atoms with Crippen LogP contribution in [0.15, 0.2) is 48.5 Å². The molecular weight excluding hydrogens is 267 g/mol. The van der Waals surface area contributed by atoms with Crippen LogP contribution in [0.25, 0.3) is 0 Å². The van der Waals surface area contributed by atoms with Crippen molar-refractivity contribution in [1.29, 1.82) is 0 Å². The van der Waals surface area contributed by atoms with Crippen LogP contribution in [-0.4, -0.2) is 19.7 Å². The summed E-state index contributed by atoms with van der Waals surface area (Å²) in [4.78, 5) is 0. The van der Waals surface area contributed by atoms with E-state index in [0.29, 0.717) is 0 Å². The average molecular weight is 288 g/mol. The molecule has 2 aromatic rings. The highest BCUT2D eigenvalue weighted by atomic mass is 19.1. The van der Waals surface area contributed by atoms with Gasteiger partial charge < -0.3 is 15.4 Å². The maximum absolute atomic E-state index is 12.8. The molecule has 0 unspecified atom stereocenters. The highest BCUT2D eigenvalue weighted by Gasteiger charge is 1.96. The molecule has 0 amide bonds. The van der Waals surface area contributed by atoms with Crippen LogP contribution >= 0.6 is 0 Å². The number of hydrogen-bond acceptors (Lipinski definition) is 3. The van der Waals surface area contributed by atoms with Crippen molar-refractivity contribution in [2.75, 3.05) is 30.3 Å². The van der Waals surface area contributed by atoms with E-state index in [4.69, 9.17) is 4.74 Å². The first kappa shape index (κ1) is 15.2. The third kappa shape index (κ3) is 5.34. The van der Waals surface area contributed by atoms with Crippen LogP contribution in [0.3, 0.4) is 0 Å². The van der Waals surface area contributed by atoms with Gasteiger partial charge in [0.05, 0.1) is 6.61 Å². The van der Waals surface area contributed by atoms with Crippen molar-refractivity contribution >= 4 is 11.4 Å². The van der Waals surface area contributed by atoms with Crippen molar-refractivity contribution in [3.8, 4) is 5.75 Å². The van der Waals surface area contributed by atoms with E-state index in [1.807, 2.05) is 24.3 Å². The van der Waals surface area contributed by atoms with Crippen molar-refractivity contribution in [3.63, 3.8) is 0 Å². The molecule has 2 N–H and O–H groups in total. The van der Waals surface area contributed by atoms with E-state index in [9.17, 15) is 4.39 Å². The van der Waals surface area contributed by atoms with Gasteiger partial charge in [-0.05, 0) is 55.0 Å². The van der Waals surface area contributed by atoms with Gasteiger partial charge in [-0.3, -0.25) is 0 Å². The second kappa shape index (κ2) is 8.15. The molecule has 0 aliphatic heterocycles. The monoisotopic (exact) mass is 288 g/mol. The van der Waals surface area contributed by atoms with Gasteiger partial charge in [-0.25, -0.2) is 4.39 Å². The van der Waals surface area contributed by atoms with Gasteiger partial charge in [-0.1, -0.05) is 6.92 Å². The molecule has 0 spiro atoms. The standard InChI is InChI=1S/C17H21FN2O/c1-2-13-21-17-9-7-16(8-10-17)20-12-11-19-15-5-3-14(18)4-6-15/h3-10,19-20H,2,11-13H2,1H3. The van der Waals surface area contributed by atoms with Gasteiger partial charge in [-0.2, -0.15) is 0 Å². The maximum atomic E-state index is 12.8. The highest BCUT2D eigenvalue weighted by molar-refractivity contribution is 5.47. The van der Waals surface area contributed by atoms with Gasteiger partial charge in [0.1, 0.15) is 11.6 Å². The van der Waals surface area contributed by atoms with Crippen LogP contribution in [0.1, 0.15) is 13.3 Å². The Bertz CT molecular complexity index is 525. The summed E-state index contributed by atoms with van der Waals surface area (Å²) < 4.78 is 18.3. The van der Waals surface area contributed by atoms with Crippen LogP contribution in [0.2, 0.25) is 0 Å². The van der Waals surface area contributed by atoms with Gasteiger partial charge in [0.15, 0.2) is 0 Å². The molecule has 2 rings (SSSR count). The first-order valence-corrected chi connectivity index (χ1v) is 7.24. The second-order valence-electron chi connectivity index (χ2n) is 4.73. The first-order valence-electron chi connectivity index (χ1n) is 7.24. The maximum Gasteiger partial charge on any atom is 0.123 e.